The minimum Gasteiger partial charge on any atom is -0.444 e. The fourth-order valence-corrected chi connectivity index (χ4v) is 2.69. The van der Waals surface area contributed by atoms with Gasteiger partial charge in [-0.25, -0.2) is 9.78 Å². The second kappa shape index (κ2) is 6.90. The molecule has 3 N–H and O–H groups in total. The largest absolute Gasteiger partial charge is 0.444 e. The highest BCUT2D eigenvalue weighted by molar-refractivity contribution is 5.73. The Hall–Kier alpha value is -2.58. The number of nitrogens with two attached hydrogens (primary N) is 1. The molecule has 1 amide bonds. The number of amides is 1. The monoisotopic (exact) mass is 337 g/mol. The van der Waals surface area contributed by atoms with Gasteiger partial charge in [-0.2, -0.15) is 0 Å². The average Bonchev–Trinajstić information content (AvgIpc) is 2.44. The van der Waals surface area contributed by atoms with E-state index < -0.39 is 16.6 Å². The topological polar surface area (TPSA) is 124 Å². The summed E-state index contributed by atoms with van der Waals surface area (Å²) in [7, 11) is 0. The van der Waals surface area contributed by atoms with Gasteiger partial charge in [0.2, 0.25) is 5.82 Å². The molecule has 24 heavy (non-hydrogen) atoms. The molecule has 0 aliphatic carbocycles. The van der Waals surface area contributed by atoms with Crippen LogP contribution in [0.15, 0.2) is 12.3 Å². The molecule has 0 aromatic carbocycles. The van der Waals surface area contributed by atoms with E-state index in [1.165, 1.54) is 6.20 Å². The van der Waals surface area contributed by atoms with Gasteiger partial charge >= 0.3 is 11.8 Å². The van der Waals surface area contributed by atoms with Crippen LogP contribution in [-0.2, 0) is 4.74 Å². The molecule has 1 aromatic rings. The summed E-state index contributed by atoms with van der Waals surface area (Å²) in [5, 5.41) is 14.1. The van der Waals surface area contributed by atoms with Gasteiger partial charge in [-0.05, 0) is 39.7 Å². The molecule has 9 heteroatoms. The maximum atomic E-state index is 11.9. The number of rotatable bonds is 3. The minimum absolute atomic E-state index is 0.111. The Labute approximate surface area is 140 Å². The molecule has 1 atom stereocenters. The molecule has 0 bridgehead atoms. The van der Waals surface area contributed by atoms with Gasteiger partial charge in [-0.3, -0.25) is 10.1 Å². The highest BCUT2D eigenvalue weighted by atomic mass is 16.6. The number of pyridine rings is 1. The lowest BCUT2D eigenvalue weighted by Gasteiger charge is -2.34. The van der Waals surface area contributed by atoms with Crippen molar-refractivity contribution < 1.29 is 14.5 Å². The summed E-state index contributed by atoms with van der Waals surface area (Å²) in [5.41, 5.74) is 5.29. The number of aromatic nitrogens is 1. The molecule has 1 aromatic heterocycles. The van der Waals surface area contributed by atoms with Gasteiger partial charge in [0.25, 0.3) is 0 Å². The van der Waals surface area contributed by atoms with Crippen LogP contribution in [0.2, 0.25) is 0 Å². The number of nitrogen functional groups attached to an aromatic ring is 1. The smallest absolute Gasteiger partial charge is 0.407 e. The molecule has 1 fully saturated rings. The van der Waals surface area contributed by atoms with Crippen molar-refractivity contribution in [3.8, 4) is 0 Å². The van der Waals surface area contributed by atoms with Gasteiger partial charge in [0.05, 0.1) is 4.92 Å². The lowest BCUT2D eigenvalue weighted by molar-refractivity contribution is -0.383. The Bertz CT molecular complexity index is 629. The first-order chi connectivity index (χ1) is 11.2. The van der Waals surface area contributed by atoms with Crippen LogP contribution in [-0.4, -0.2) is 40.7 Å². The molecule has 1 aliphatic rings. The summed E-state index contributed by atoms with van der Waals surface area (Å²) in [5.74, 6) is -0.111. The summed E-state index contributed by atoms with van der Waals surface area (Å²) < 4.78 is 5.26. The predicted molar refractivity (Wildman–Crippen MR) is 89.9 cm³/mol. The lowest BCUT2D eigenvalue weighted by atomic mass is 10.0. The molecule has 2 heterocycles. The second-order valence-electron chi connectivity index (χ2n) is 6.75. The SMILES string of the molecule is CC(C)(C)OC(=O)N[C@@H]1CCCN(c2ccnc(N)c2[N+](=O)[O-])C1. The Morgan fingerprint density at radius 2 is 2.25 bits per heavy atom. The first kappa shape index (κ1) is 17.8. The summed E-state index contributed by atoms with van der Waals surface area (Å²) in [6, 6.07) is 1.42. The number of anilines is 2. The molecule has 9 nitrogen and oxygen atoms in total. The number of hydrogen-bond donors (Lipinski definition) is 2. The number of alkyl carbamates (subject to hydrolysis) is 1. The van der Waals surface area contributed by atoms with Gasteiger partial charge in [0.15, 0.2) is 0 Å². The number of nitro groups is 1. The van der Waals surface area contributed by atoms with Crippen molar-refractivity contribution >= 4 is 23.3 Å². The Morgan fingerprint density at radius 1 is 1.54 bits per heavy atom. The van der Waals surface area contributed by atoms with Crippen LogP contribution in [0.3, 0.4) is 0 Å². The van der Waals surface area contributed by atoms with E-state index in [9.17, 15) is 14.9 Å². The summed E-state index contributed by atoms with van der Waals surface area (Å²) in [6.45, 7) is 6.48. The van der Waals surface area contributed by atoms with Gasteiger partial charge in [-0.1, -0.05) is 0 Å². The summed E-state index contributed by atoms with van der Waals surface area (Å²) in [4.78, 5) is 28.3. The van der Waals surface area contributed by atoms with Crippen LogP contribution in [0.1, 0.15) is 33.6 Å². The van der Waals surface area contributed by atoms with Crippen LogP contribution in [0.4, 0.5) is 22.0 Å². The van der Waals surface area contributed by atoms with Crippen LogP contribution in [0.5, 0.6) is 0 Å². The maximum absolute atomic E-state index is 11.9. The van der Waals surface area contributed by atoms with Gasteiger partial charge in [-0.15, -0.1) is 0 Å². The number of ether oxygens (including phenoxy) is 1. The molecule has 0 radical (unpaired) electrons. The van der Waals surface area contributed by atoms with E-state index in [1.54, 1.807) is 26.8 Å². The fourth-order valence-electron chi connectivity index (χ4n) is 2.69. The van der Waals surface area contributed by atoms with Crippen molar-refractivity contribution in [3.05, 3.63) is 22.4 Å². The Balaban J connectivity index is 2.10. The number of nitrogens with zero attached hydrogens (tertiary/aromatic N) is 3. The molecular formula is C15H23N5O4. The van der Waals surface area contributed by atoms with Gasteiger partial charge in [0.1, 0.15) is 11.3 Å². The molecule has 0 unspecified atom stereocenters. The molecule has 0 spiro atoms. The van der Waals surface area contributed by atoms with E-state index in [0.717, 1.165) is 12.8 Å². The van der Waals surface area contributed by atoms with E-state index in [1.807, 2.05) is 4.90 Å². The van der Waals surface area contributed by atoms with E-state index in [0.29, 0.717) is 18.8 Å². The van der Waals surface area contributed by atoms with Crippen molar-refractivity contribution in [1.29, 1.82) is 0 Å². The Kier molecular flexibility index (Phi) is 5.10. The third-order valence-corrected chi connectivity index (χ3v) is 3.60. The van der Waals surface area contributed by atoms with Crippen LogP contribution in [0.25, 0.3) is 0 Å². The molecule has 132 valence electrons. The first-order valence-electron chi connectivity index (χ1n) is 7.80. The summed E-state index contributed by atoms with van der Waals surface area (Å²) in [6.07, 6.45) is 2.53. The van der Waals surface area contributed by atoms with E-state index in [-0.39, 0.29) is 17.5 Å². The molecular weight excluding hydrogens is 314 g/mol. The van der Waals surface area contributed by atoms with Gasteiger partial charge < -0.3 is 20.7 Å². The lowest BCUT2D eigenvalue weighted by Crippen LogP contribution is -2.49. The normalized spacial score (nSPS) is 18.1. The molecule has 2 rings (SSSR count). The number of carbonyl (C=O) groups is 1. The third-order valence-electron chi connectivity index (χ3n) is 3.60. The molecule has 1 aliphatic heterocycles. The Morgan fingerprint density at radius 3 is 2.88 bits per heavy atom. The van der Waals surface area contributed by atoms with Crippen molar-refractivity contribution in [3.63, 3.8) is 0 Å². The fraction of sp³-hybridized carbons (Fsp3) is 0.600. The van der Waals surface area contributed by atoms with E-state index in [2.05, 4.69) is 10.3 Å². The second-order valence-corrected chi connectivity index (χ2v) is 6.75. The number of hydrogen-bond acceptors (Lipinski definition) is 7. The molecule has 1 saturated heterocycles. The standard InChI is InChI=1S/C15H23N5O4/c1-15(2,3)24-14(21)18-10-5-4-8-19(9-10)11-6-7-17-13(16)12(11)20(22)23/h6-7,10H,4-5,8-9H2,1-3H3,(H2,16,17)(H,18,21)/t10-/m1/s1. The zero-order valence-electron chi connectivity index (χ0n) is 14.1. The average molecular weight is 337 g/mol. The number of nitrogens with one attached hydrogen (secondary N) is 1. The van der Waals surface area contributed by atoms with E-state index in [4.69, 9.17) is 10.5 Å². The predicted octanol–water partition coefficient (Wildman–Crippen LogP) is 2.07. The zero-order chi connectivity index (χ0) is 17.9. The van der Waals surface area contributed by atoms with E-state index >= 15 is 0 Å². The highest BCUT2D eigenvalue weighted by Crippen LogP contribution is 2.33. The van der Waals surface area contributed by atoms with Crippen molar-refractivity contribution in [1.82, 2.24) is 10.3 Å². The first-order valence-corrected chi connectivity index (χ1v) is 7.80. The van der Waals surface area contributed by atoms with Crippen LogP contribution in [0, 0.1) is 10.1 Å². The maximum Gasteiger partial charge on any atom is 0.407 e. The highest BCUT2D eigenvalue weighted by Gasteiger charge is 2.29. The summed E-state index contributed by atoms with van der Waals surface area (Å²) >= 11 is 0. The number of carbonyl (C=O) groups excluding carboxylic acids is 1. The van der Waals surface area contributed by atoms with Crippen molar-refractivity contribution in [2.75, 3.05) is 23.7 Å². The molecule has 0 saturated carbocycles. The number of piperidine rings is 1. The quantitative estimate of drug-likeness (QED) is 0.639. The van der Waals surface area contributed by atoms with Crippen molar-refractivity contribution in [2.45, 2.75) is 45.3 Å². The van der Waals surface area contributed by atoms with Crippen LogP contribution < -0.4 is 16.0 Å². The van der Waals surface area contributed by atoms with Crippen molar-refractivity contribution in [2.24, 2.45) is 0 Å². The third kappa shape index (κ3) is 4.46. The minimum atomic E-state index is -0.573. The van der Waals surface area contributed by atoms with Crippen LogP contribution >= 0.6 is 0 Å². The van der Waals surface area contributed by atoms with Gasteiger partial charge in [0, 0.05) is 25.3 Å². The zero-order valence-corrected chi connectivity index (χ0v) is 14.1.